The number of carbonyl (C=O) groups is 1. The molecule has 2 rings (SSSR count). The van der Waals surface area contributed by atoms with Crippen LogP contribution in [0.5, 0.6) is 5.88 Å². The van der Waals surface area contributed by atoms with Crippen molar-refractivity contribution in [3.63, 3.8) is 0 Å². The molecule has 1 heterocycles. The molecule has 0 radical (unpaired) electrons. The van der Waals surface area contributed by atoms with Gasteiger partial charge in [0.05, 0.1) is 7.11 Å². The van der Waals surface area contributed by atoms with E-state index in [-0.39, 0.29) is 11.4 Å². The maximum atomic E-state index is 11.1. The van der Waals surface area contributed by atoms with E-state index in [1.807, 2.05) is 6.92 Å². The van der Waals surface area contributed by atoms with Crippen LogP contribution < -0.4 is 4.74 Å². The number of hydrogen-bond acceptors (Lipinski definition) is 3. The van der Waals surface area contributed by atoms with Crippen molar-refractivity contribution >= 4 is 5.97 Å². The van der Waals surface area contributed by atoms with Gasteiger partial charge in [0.25, 0.3) is 0 Å². The van der Waals surface area contributed by atoms with Crippen LogP contribution in [0.15, 0.2) is 0 Å². The predicted octanol–water partition coefficient (Wildman–Crippen LogP) is 1.59. The van der Waals surface area contributed by atoms with Gasteiger partial charge < -0.3 is 9.84 Å². The van der Waals surface area contributed by atoms with Crippen molar-refractivity contribution in [3.05, 3.63) is 22.4 Å². The summed E-state index contributed by atoms with van der Waals surface area (Å²) in [7, 11) is 1.45. The Kier molecular flexibility index (Phi) is 2.34. The van der Waals surface area contributed by atoms with Crippen LogP contribution >= 0.6 is 0 Å². The third kappa shape index (κ3) is 1.46. The Labute approximate surface area is 87.9 Å². The molecule has 4 nitrogen and oxygen atoms in total. The van der Waals surface area contributed by atoms with E-state index in [2.05, 4.69) is 4.98 Å². The number of aromatic nitrogens is 1. The van der Waals surface area contributed by atoms with Crippen LogP contribution in [-0.4, -0.2) is 23.2 Å². The molecule has 0 spiro atoms. The lowest BCUT2D eigenvalue weighted by Crippen LogP contribution is -2.09. The molecule has 0 atom stereocenters. The number of carboxylic acids is 1. The van der Waals surface area contributed by atoms with Crippen molar-refractivity contribution in [2.45, 2.75) is 26.2 Å². The minimum atomic E-state index is -0.947. The topological polar surface area (TPSA) is 59.4 Å². The molecule has 0 bridgehead atoms. The van der Waals surface area contributed by atoms with E-state index in [1.165, 1.54) is 7.11 Å². The van der Waals surface area contributed by atoms with Gasteiger partial charge in [0, 0.05) is 5.69 Å². The maximum Gasteiger partial charge on any atom is 0.341 e. The summed E-state index contributed by atoms with van der Waals surface area (Å²) >= 11 is 0. The summed E-state index contributed by atoms with van der Waals surface area (Å²) in [4.78, 5) is 15.3. The largest absolute Gasteiger partial charge is 0.480 e. The smallest absolute Gasteiger partial charge is 0.341 e. The first-order chi connectivity index (χ1) is 7.15. The lowest BCUT2D eigenvalue weighted by atomic mass is 10.0. The Bertz CT molecular complexity index is 426. The lowest BCUT2D eigenvalue weighted by molar-refractivity contribution is 0.0691. The number of aryl methyl sites for hydroxylation is 1. The summed E-state index contributed by atoms with van der Waals surface area (Å²) in [6.07, 6.45) is 2.75. The number of methoxy groups -OCH3 is 1. The van der Waals surface area contributed by atoms with Gasteiger partial charge in [-0.05, 0) is 37.3 Å². The Morgan fingerprint density at radius 1 is 1.40 bits per heavy atom. The first-order valence-corrected chi connectivity index (χ1v) is 4.94. The normalized spacial score (nSPS) is 13.7. The zero-order valence-electron chi connectivity index (χ0n) is 8.83. The third-order valence-electron chi connectivity index (χ3n) is 2.85. The van der Waals surface area contributed by atoms with Gasteiger partial charge >= 0.3 is 5.97 Å². The van der Waals surface area contributed by atoms with Crippen molar-refractivity contribution in [1.82, 2.24) is 4.98 Å². The number of rotatable bonds is 2. The maximum absolute atomic E-state index is 11.1. The Balaban J connectivity index is 2.70. The summed E-state index contributed by atoms with van der Waals surface area (Å²) < 4.78 is 5.02. The van der Waals surface area contributed by atoms with Crippen molar-refractivity contribution in [2.24, 2.45) is 0 Å². The number of aromatic carboxylic acids is 1. The first kappa shape index (κ1) is 9.96. The fourth-order valence-corrected chi connectivity index (χ4v) is 2.19. The van der Waals surface area contributed by atoms with Gasteiger partial charge in [-0.1, -0.05) is 0 Å². The molecule has 0 saturated heterocycles. The standard InChI is InChI=1S/C11H13NO3/c1-6-7-4-3-5-8(7)9(11(13)14)10(12-6)15-2/h3-5H2,1-2H3,(H,13,14). The number of hydrogen-bond donors (Lipinski definition) is 1. The summed E-state index contributed by atoms with van der Waals surface area (Å²) in [6.45, 7) is 1.90. The second-order valence-corrected chi connectivity index (χ2v) is 3.70. The SMILES string of the molecule is COc1nc(C)c2c(c1C(=O)O)CCC2. The highest BCUT2D eigenvalue weighted by Gasteiger charge is 2.26. The first-order valence-electron chi connectivity index (χ1n) is 4.94. The predicted molar refractivity (Wildman–Crippen MR) is 54.5 cm³/mol. The molecule has 80 valence electrons. The highest BCUT2D eigenvalue weighted by molar-refractivity contribution is 5.92. The van der Waals surface area contributed by atoms with Crippen molar-refractivity contribution < 1.29 is 14.6 Å². The summed E-state index contributed by atoms with van der Waals surface area (Å²) in [5.41, 5.74) is 3.14. The van der Waals surface area contributed by atoms with E-state index >= 15 is 0 Å². The van der Waals surface area contributed by atoms with Gasteiger partial charge in [0.1, 0.15) is 5.56 Å². The average molecular weight is 207 g/mol. The van der Waals surface area contributed by atoms with E-state index in [4.69, 9.17) is 9.84 Å². The monoisotopic (exact) mass is 207 g/mol. The molecular formula is C11H13NO3. The Morgan fingerprint density at radius 2 is 2.07 bits per heavy atom. The molecule has 0 saturated carbocycles. The summed E-state index contributed by atoms with van der Waals surface area (Å²) in [5.74, 6) is -0.710. The van der Waals surface area contributed by atoms with Gasteiger partial charge in [-0.25, -0.2) is 9.78 Å². The molecule has 1 aliphatic rings. The van der Waals surface area contributed by atoms with Crippen molar-refractivity contribution in [2.75, 3.05) is 7.11 Å². The average Bonchev–Trinajstić information content (AvgIpc) is 2.65. The summed E-state index contributed by atoms with van der Waals surface area (Å²) in [5, 5.41) is 9.13. The van der Waals surface area contributed by atoms with E-state index < -0.39 is 5.97 Å². The highest BCUT2D eigenvalue weighted by Crippen LogP contribution is 2.32. The molecule has 4 heteroatoms. The van der Waals surface area contributed by atoms with Crippen LogP contribution in [0, 0.1) is 6.92 Å². The van der Waals surface area contributed by atoms with E-state index in [1.54, 1.807) is 0 Å². The number of carboxylic acid groups (broad SMARTS) is 1. The van der Waals surface area contributed by atoms with Crippen LogP contribution in [0.3, 0.4) is 0 Å². The van der Waals surface area contributed by atoms with Crippen LogP contribution in [0.25, 0.3) is 0 Å². The van der Waals surface area contributed by atoms with E-state index in [9.17, 15) is 4.79 Å². The van der Waals surface area contributed by atoms with Gasteiger partial charge in [0.2, 0.25) is 5.88 Å². The number of nitrogens with zero attached hydrogens (tertiary/aromatic N) is 1. The molecular weight excluding hydrogens is 194 g/mol. The van der Waals surface area contributed by atoms with Crippen LogP contribution in [0.1, 0.15) is 33.6 Å². The van der Waals surface area contributed by atoms with Crippen molar-refractivity contribution in [1.29, 1.82) is 0 Å². The molecule has 15 heavy (non-hydrogen) atoms. The number of ether oxygens (including phenoxy) is 1. The molecule has 0 unspecified atom stereocenters. The lowest BCUT2D eigenvalue weighted by Gasteiger charge is -2.11. The van der Waals surface area contributed by atoms with Gasteiger partial charge in [-0.2, -0.15) is 0 Å². The van der Waals surface area contributed by atoms with E-state index in [0.29, 0.717) is 0 Å². The quantitative estimate of drug-likeness (QED) is 0.800. The minimum Gasteiger partial charge on any atom is -0.480 e. The third-order valence-corrected chi connectivity index (χ3v) is 2.85. The number of pyridine rings is 1. The highest BCUT2D eigenvalue weighted by atomic mass is 16.5. The summed E-state index contributed by atoms with van der Waals surface area (Å²) in [6, 6.07) is 0. The fraction of sp³-hybridized carbons (Fsp3) is 0.455. The van der Waals surface area contributed by atoms with Crippen LogP contribution in [0.4, 0.5) is 0 Å². The Morgan fingerprint density at radius 3 is 2.67 bits per heavy atom. The molecule has 0 aliphatic heterocycles. The second kappa shape index (κ2) is 3.53. The van der Waals surface area contributed by atoms with Crippen LogP contribution in [0.2, 0.25) is 0 Å². The zero-order valence-corrected chi connectivity index (χ0v) is 8.83. The molecule has 1 N–H and O–H groups in total. The van der Waals surface area contributed by atoms with Gasteiger partial charge in [-0.3, -0.25) is 0 Å². The molecule has 0 aromatic carbocycles. The van der Waals surface area contributed by atoms with Gasteiger partial charge in [0.15, 0.2) is 0 Å². The second-order valence-electron chi connectivity index (χ2n) is 3.70. The van der Waals surface area contributed by atoms with Crippen molar-refractivity contribution in [3.8, 4) is 5.88 Å². The zero-order chi connectivity index (χ0) is 11.0. The molecule has 1 aromatic heterocycles. The van der Waals surface area contributed by atoms with E-state index in [0.717, 1.165) is 36.1 Å². The number of fused-ring (bicyclic) bond motifs is 1. The molecule has 0 amide bonds. The van der Waals surface area contributed by atoms with Gasteiger partial charge in [-0.15, -0.1) is 0 Å². The Hall–Kier alpha value is -1.58. The molecule has 1 aromatic rings. The minimum absolute atomic E-state index is 0.237. The molecule has 1 aliphatic carbocycles. The fourth-order valence-electron chi connectivity index (χ4n) is 2.19. The van der Waals surface area contributed by atoms with Crippen LogP contribution in [-0.2, 0) is 12.8 Å². The molecule has 0 fully saturated rings.